The molecule has 0 saturated carbocycles. The summed E-state index contributed by atoms with van der Waals surface area (Å²) in [6.45, 7) is 0.729. The van der Waals surface area contributed by atoms with Gasteiger partial charge in [-0.3, -0.25) is 4.90 Å². The SMILES string of the molecule is CN(Cc1c(F)cccc1Cl)Cn1nc(-c2ccccc2Cl)n(C)c1=S. The molecule has 0 amide bonds. The van der Waals surface area contributed by atoms with Crippen molar-refractivity contribution in [1.29, 1.82) is 0 Å². The van der Waals surface area contributed by atoms with Gasteiger partial charge in [0.15, 0.2) is 10.6 Å². The quantitative estimate of drug-likeness (QED) is 0.543. The van der Waals surface area contributed by atoms with Crippen molar-refractivity contribution in [2.45, 2.75) is 13.2 Å². The average molecular weight is 411 g/mol. The highest BCUT2D eigenvalue weighted by Gasteiger charge is 2.15. The Balaban J connectivity index is 1.86. The zero-order valence-electron chi connectivity index (χ0n) is 14.3. The van der Waals surface area contributed by atoms with E-state index in [2.05, 4.69) is 5.10 Å². The summed E-state index contributed by atoms with van der Waals surface area (Å²) in [7, 11) is 3.70. The predicted molar refractivity (Wildman–Crippen MR) is 105 cm³/mol. The number of nitrogens with zero attached hydrogens (tertiary/aromatic N) is 4. The molecule has 136 valence electrons. The van der Waals surface area contributed by atoms with E-state index >= 15 is 0 Å². The molecule has 0 N–H and O–H groups in total. The van der Waals surface area contributed by atoms with Crippen LogP contribution in [0.5, 0.6) is 0 Å². The molecule has 8 heteroatoms. The van der Waals surface area contributed by atoms with Gasteiger partial charge in [-0.1, -0.05) is 41.4 Å². The minimum absolute atomic E-state index is 0.328. The van der Waals surface area contributed by atoms with Crippen LogP contribution in [0.25, 0.3) is 11.4 Å². The molecule has 0 aliphatic carbocycles. The minimum atomic E-state index is -0.328. The van der Waals surface area contributed by atoms with Gasteiger partial charge >= 0.3 is 0 Å². The molecule has 1 heterocycles. The third kappa shape index (κ3) is 3.83. The van der Waals surface area contributed by atoms with Crippen molar-refractivity contribution < 1.29 is 4.39 Å². The molecule has 0 spiro atoms. The Labute approximate surface area is 166 Å². The van der Waals surface area contributed by atoms with Crippen LogP contribution < -0.4 is 0 Å². The molecule has 0 bridgehead atoms. The Morgan fingerprint density at radius 1 is 1.12 bits per heavy atom. The standard InChI is InChI=1S/C18H17Cl2FN4S/c1-23(10-13-15(20)8-5-9-16(13)21)11-25-18(26)24(2)17(22-25)12-6-3-4-7-14(12)19/h3-9H,10-11H2,1-2H3. The van der Waals surface area contributed by atoms with Crippen molar-refractivity contribution >= 4 is 35.4 Å². The van der Waals surface area contributed by atoms with Gasteiger partial charge in [0.05, 0.1) is 11.7 Å². The summed E-state index contributed by atoms with van der Waals surface area (Å²) < 4.78 is 18.0. The van der Waals surface area contributed by atoms with Crippen LogP contribution in [0.4, 0.5) is 4.39 Å². The lowest BCUT2D eigenvalue weighted by Crippen LogP contribution is -2.23. The first-order chi connectivity index (χ1) is 12.4. The van der Waals surface area contributed by atoms with Crippen LogP contribution in [-0.4, -0.2) is 26.3 Å². The summed E-state index contributed by atoms with van der Waals surface area (Å²) in [6, 6.07) is 12.1. The van der Waals surface area contributed by atoms with Crippen molar-refractivity contribution in [2.75, 3.05) is 7.05 Å². The lowest BCUT2D eigenvalue weighted by Gasteiger charge is -2.17. The topological polar surface area (TPSA) is 26.0 Å². The van der Waals surface area contributed by atoms with Gasteiger partial charge in [0.2, 0.25) is 0 Å². The number of rotatable bonds is 5. The third-order valence-corrected chi connectivity index (χ3v) is 5.19. The molecule has 3 rings (SSSR count). The van der Waals surface area contributed by atoms with Gasteiger partial charge in [0.1, 0.15) is 5.82 Å². The van der Waals surface area contributed by atoms with Crippen molar-refractivity contribution in [1.82, 2.24) is 19.2 Å². The minimum Gasteiger partial charge on any atom is -0.303 e. The molecule has 1 aromatic heterocycles. The van der Waals surface area contributed by atoms with Gasteiger partial charge in [-0.05, 0) is 43.5 Å². The second kappa shape index (κ2) is 7.88. The van der Waals surface area contributed by atoms with Crippen LogP contribution in [0, 0.1) is 10.6 Å². The Morgan fingerprint density at radius 2 is 1.81 bits per heavy atom. The molecule has 3 aromatic rings. The second-order valence-electron chi connectivity index (χ2n) is 6.00. The van der Waals surface area contributed by atoms with E-state index in [1.165, 1.54) is 6.07 Å². The smallest absolute Gasteiger partial charge is 0.199 e. The van der Waals surface area contributed by atoms with Crippen molar-refractivity contribution in [2.24, 2.45) is 7.05 Å². The number of aromatic nitrogens is 3. The maximum absolute atomic E-state index is 14.0. The molecule has 0 unspecified atom stereocenters. The zero-order valence-corrected chi connectivity index (χ0v) is 16.6. The summed E-state index contributed by atoms with van der Waals surface area (Å²) in [6.07, 6.45) is 0. The number of hydrogen-bond acceptors (Lipinski definition) is 3. The van der Waals surface area contributed by atoms with Crippen molar-refractivity contribution in [3.8, 4) is 11.4 Å². The normalized spacial score (nSPS) is 11.3. The summed E-state index contributed by atoms with van der Waals surface area (Å²) in [5.41, 5.74) is 1.26. The van der Waals surface area contributed by atoms with Crippen molar-refractivity contribution in [3.63, 3.8) is 0 Å². The van der Waals surface area contributed by atoms with Crippen molar-refractivity contribution in [3.05, 3.63) is 68.7 Å². The van der Waals surface area contributed by atoms with Crippen LogP contribution in [0.2, 0.25) is 10.0 Å². The molecule has 26 heavy (non-hydrogen) atoms. The third-order valence-electron chi connectivity index (χ3n) is 4.02. The van der Waals surface area contributed by atoms with E-state index in [0.29, 0.717) is 39.4 Å². The second-order valence-corrected chi connectivity index (χ2v) is 7.18. The van der Waals surface area contributed by atoms with Crippen LogP contribution in [0.15, 0.2) is 42.5 Å². The van der Waals surface area contributed by atoms with Crippen LogP contribution in [0.3, 0.4) is 0 Å². The molecule has 4 nitrogen and oxygen atoms in total. The summed E-state index contributed by atoms with van der Waals surface area (Å²) in [5, 5.41) is 5.60. The molecular formula is C18H17Cl2FN4S. The lowest BCUT2D eigenvalue weighted by molar-refractivity contribution is 0.241. The van der Waals surface area contributed by atoms with Gasteiger partial charge in [-0.2, -0.15) is 5.10 Å². The highest BCUT2D eigenvalue weighted by Crippen LogP contribution is 2.26. The monoisotopic (exact) mass is 410 g/mol. The van der Waals surface area contributed by atoms with E-state index in [4.69, 9.17) is 35.4 Å². The molecule has 0 fully saturated rings. The fourth-order valence-electron chi connectivity index (χ4n) is 2.69. The highest BCUT2D eigenvalue weighted by molar-refractivity contribution is 7.71. The summed E-state index contributed by atoms with van der Waals surface area (Å²) in [5.74, 6) is 0.351. The molecule has 0 aliphatic rings. The van der Waals surface area contributed by atoms with Gasteiger partial charge in [0, 0.05) is 29.7 Å². The molecular weight excluding hydrogens is 394 g/mol. The molecule has 0 atom stereocenters. The van der Waals surface area contributed by atoms with Gasteiger partial charge < -0.3 is 4.57 Å². The number of hydrogen-bond donors (Lipinski definition) is 0. The molecule has 0 radical (unpaired) electrons. The Hall–Kier alpha value is -1.73. The van der Waals surface area contributed by atoms with E-state index in [1.54, 1.807) is 21.4 Å². The first-order valence-electron chi connectivity index (χ1n) is 7.88. The van der Waals surface area contributed by atoms with Crippen LogP contribution in [0.1, 0.15) is 5.56 Å². The van der Waals surface area contributed by atoms with E-state index in [1.807, 2.05) is 43.3 Å². The average Bonchev–Trinajstić information content (AvgIpc) is 2.87. The largest absolute Gasteiger partial charge is 0.303 e. The van der Waals surface area contributed by atoms with Gasteiger partial charge in [0.25, 0.3) is 0 Å². The van der Waals surface area contributed by atoms with Gasteiger partial charge in [-0.25, -0.2) is 9.07 Å². The maximum Gasteiger partial charge on any atom is 0.199 e. The zero-order chi connectivity index (χ0) is 18.8. The summed E-state index contributed by atoms with van der Waals surface area (Å²) in [4.78, 5) is 1.89. The molecule has 0 saturated heterocycles. The number of benzene rings is 2. The van der Waals surface area contributed by atoms with Gasteiger partial charge in [-0.15, -0.1) is 0 Å². The number of halogens is 3. The Kier molecular flexibility index (Phi) is 5.77. The van der Waals surface area contributed by atoms with E-state index < -0.39 is 0 Å². The fraction of sp³-hybridized carbons (Fsp3) is 0.222. The fourth-order valence-corrected chi connectivity index (χ4v) is 3.32. The van der Waals surface area contributed by atoms with E-state index in [-0.39, 0.29) is 5.82 Å². The predicted octanol–water partition coefficient (Wildman–Crippen LogP) is 5.15. The summed E-state index contributed by atoms with van der Waals surface area (Å²) >= 11 is 17.9. The van der Waals surface area contributed by atoms with E-state index in [9.17, 15) is 4.39 Å². The Bertz CT molecular complexity index is 979. The molecule has 2 aromatic carbocycles. The van der Waals surface area contributed by atoms with Crippen LogP contribution in [-0.2, 0) is 20.3 Å². The van der Waals surface area contributed by atoms with E-state index in [0.717, 1.165) is 5.56 Å². The highest BCUT2D eigenvalue weighted by atomic mass is 35.5. The lowest BCUT2D eigenvalue weighted by atomic mass is 10.2. The molecule has 0 aliphatic heterocycles. The first-order valence-corrected chi connectivity index (χ1v) is 9.05. The Morgan fingerprint density at radius 3 is 2.50 bits per heavy atom. The maximum atomic E-state index is 14.0. The first kappa shape index (κ1) is 19.0. The van der Waals surface area contributed by atoms with Crippen LogP contribution >= 0.6 is 35.4 Å².